The highest BCUT2D eigenvalue weighted by Crippen LogP contribution is 2.37. The average molecular weight is 499 g/mol. The number of unbranched alkanes of at least 4 members (excludes halogenated alkanes) is 1. The van der Waals surface area contributed by atoms with Gasteiger partial charge in [0.25, 0.3) is 0 Å². The molecule has 2 rings (SSSR count). The molecule has 0 unspecified atom stereocenters. The number of esters is 1. The van der Waals surface area contributed by atoms with Gasteiger partial charge in [-0.1, -0.05) is 30.4 Å². The normalized spacial score (nSPS) is 21.8. The van der Waals surface area contributed by atoms with Gasteiger partial charge in [-0.2, -0.15) is 13.2 Å². The lowest BCUT2D eigenvalue weighted by Gasteiger charge is -2.21. The van der Waals surface area contributed by atoms with E-state index in [2.05, 4.69) is 12.2 Å². The highest BCUT2D eigenvalue weighted by molar-refractivity contribution is 5.69. The summed E-state index contributed by atoms with van der Waals surface area (Å²) in [4.78, 5) is 11.6. The van der Waals surface area contributed by atoms with E-state index in [1.165, 1.54) is 12.1 Å². The van der Waals surface area contributed by atoms with Crippen molar-refractivity contribution < 1.29 is 37.3 Å². The second kappa shape index (κ2) is 14.3. The summed E-state index contributed by atoms with van der Waals surface area (Å²) >= 11 is 0. The molecule has 0 heterocycles. The Bertz CT molecular complexity index is 834. The maximum absolute atomic E-state index is 12.8. The Morgan fingerprint density at radius 3 is 2.69 bits per heavy atom. The molecule has 1 fully saturated rings. The van der Waals surface area contributed by atoms with Gasteiger partial charge in [0.05, 0.1) is 17.8 Å². The number of aliphatic hydroxyl groups excluding tert-OH is 1. The molecule has 8 heteroatoms. The van der Waals surface area contributed by atoms with Gasteiger partial charge in [0.2, 0.25) is 0 Å². The lowest BCUT2D eigenvalue weighted by molar-refractivity contribution is -0.147. The molecule has 1 aliphatic rings. The summed E-state index contributed by atoms with van der Waals surface area (Å²) in [6, 6.07) is 4.61. The zero-order valence-corrected chi connectivity index (χ0v) is 20.7. The average Bonchev–Trinajstić information content (AvgIpc) is 3.19. The molecule has 5 nitrogen and oxygen atoms in total. The molecular formula is C27H37F3O5. The number of carbonyl (C=O) groups excluding carboxylic acids is 1. The van der Waals surface area contributed by atoms with Gasteiger partial charge >= 0.3 is 12.1 Å². The minimum Gasteiger partial charge on any atom is -0.491 e. The molecule has 0 aromatic heterocycles. The molecule has 1 N–H and O–H groups in total. The number of hydrogen-bond donors (Lipinski definition) is 1. The summed E-state index contributed by atoms with van der Waals surface area (Å²) in [7, 11) is 1.70. The summed E-state index contributed by atoms with van der Waals surface area (Å²) in [5.74, 6) is 0.362. The third-order valence-electron chi connectivity index (χ3n) is 5.97. The van der Waals surface area contributed by atoms with Crippen molar-refractivity contribution in [2.45, 2.75) is 76.9 Å². The summed E-state index contributed by atoms with van der Waals surface area (Å²) < 4.78 is 54.6. The van der Waals surface area contributed by atoms with Crippen molar-refractivity contribution in [1.82, 2.24) is 0 Å². The SMILES string of the molecule is CO[C@H]1CC[C@H](/C=C/[C@@H](O)COc2cccc(C(F)(F)F)c2)[C@H]1C/C=C\CCCC(=O)OC(C)C. The number of methoxy groups -OCH3 is 1. The highest BCUT2D eigenvalue weighted by Gasteiger charge is 2.34. The Balaban J connectivity index is 1.81. The fourth-order valence-electron chi connectivity index (χ4n) is 4.25. The second-order valence-electron chi connectivity index (χ2n) is 9.11. The number of rotatable bonds is 13. The first kappa shape index (κ1) is 28.9. The van der Waals surface area contributed by atoms with Crippen LogP contribution in [0.1, 0.15) is 57.9 Å². The smallest absolute Gasteiger partial charge is 0.416 e. The number of alkyl halides is 3. The maximum Gasteiger partial charge on any atom is 0.416 e. The van der Waals surface area contributed by atoms with Crippen LogP contribution in [-0.2, 0) is 20.4 Å². The van der Waals surface area contributed by atoms with Crippen molar-refractivity contribution in [1.29, 1.82) is 0 Å². The molecule has 0 aliphatic heterocycles. The van der Waals surface area contributed by atoms with E-state index in [9.17, 15) is 23.1 Å². The molecule has 1 saturated carbocycles. The lowest BCUT2D eigenvalue weighted by atomic mass is 9.90. The van der Waals surface area contributed by atoms with Crippen molar-refractivity contribution in [2.24, 2.45) is 11.8 Å². The van der Waals surface area contributed by atoms with Gasteiger partial charge in [-0.3, -0.25) is 4.79 Å². The second-order valence-corrected chi connectivity index (χ2v) is 9.11. The van der Waals surface area contributed by atoms with Crippen LogP contribution in [0, 0.1) is 11.8 Å². The molecule has 0 saturated heterocycles. The standard InChI is InChI=1S/C27H37F3O5/c1-19(2)35-26(32)12-7-5-4-6-11-24-20(14-16-25(24)33-3)13-15-22(31)18-34-23-10-8-9-21(17-23)27(28,29)30/h4,6,8-10,13,15,17,19-20,22,24-25,31H,5,7,11-12,14,16,18H2,1-3H3/b6-4-,15-13+/t20-,22+,24+,25-/m0/s1. The Kier molecular flexibility index (Phi) is 11.8. The molecule has 1 aliphatic carbocycles. The van der Waals surface area contributed by atoms with Gasteiger partial charge in [0.15, 0.2) is 0 Å². The van der Waals surface area contributed by atoms with Gasteiger partial charge in [-0.05, 0) is 76.0 Å². The number of halogens is 3. The van der Waals surface area contributed by atoms with Crippen molar-refractivity contribution in [3.63, 3.8) is 0 Å². The first-order valence-corrected chi connectivity index (χ1v) is 12.1. The van der Waals surface area contributed by atoms with E-state index in [1.54, 1.807) is 13.2 Å². The van der Waals surface area contributed by atoms with E-state index >= 15 is 0 Å². The Morgan fingerprint density at radius 2 is 2.00 bits per heavy atom. The van der Waals surface area contributed by atoms with Crippen molar-refractivity contribution in [3.05, 3.63) is 54.1 Å². The maximum atomic E-state index is 12.8. The van der Waals surface area contributed by atoms with E-state index in [1.807, 2.05) is 19.9 Å². The van der Waals surface area contributed by atoms with E-state index < -0.39 is 17.8 Å². The minimum atomic E-state index is -4.44. The van der Waals surface area contributed by atoms with Crippen LogP contribution in [-0.4, -0.2) is 43.1 Å². The topological polar surface area (TPSA) is 65.0 Å². The fraction of sp³-hybridized carbons (Fsp3) is 0.593. The molecule has 1 aromatic carbocycles. The third kappa shape index (κ3) is 10.4. The highest BCUT2D eigenvalue weighted by atomic mass is 19.4. The first-order chi connectivity index (χ1) is 16.6. The van der Waals surface area contributed by atoms with Crippen LogP contribution in [0.2, 0.25) is 0 Å². The number of aliphatic hydroxyl groups is 1. The zero-order chi connectivity index (χ0) is 25.8. The predicted octanol–water partition coefficient (Wildman–Crippen LogP) is 6.11. The van der Waals surface area contributed by atoms with Crippen LogP contribution in [0.4, 0.5) is 13.2 Å². The summed E-state index contributed by atoms with van der Waals surface area (Å²) in [6.45, 7) is 3.53. The minimum absolute atomic E-state index is 0.0630. The number of carbonyl (C=O) groups is 1. The molecular weight excluding hydrogens is 461 g/mol. The summed E-state index contributed by atoms with van der Waals surface area (Å²) in [6.07, 6.45) is 7.04. The van der Waals surface area contributed by atoms with E-state index in [4.69, 9.17) is 14.2 Å². The Hall–Kier alpha value is -2.32. The van der Waals surface area contributed by atoms with E-state index in [0.29, 0.717) is 6.42 Å². The fourth-order valence-corrected chi connectivity index (χ4v) is 4.25. The summed E-state index contributed by atoms with van der Waals surface area (Å²) in [5.41, 5.74) is -0.789. The van der Waals surface area contributed by atoms with E-state index in [0.717, 1.165) is 44.2 Å². The van der Waals surface area contributed by atoms with Gasteiger partial charge in [-0.15, -0.1) is 0 Å². The number of ether oxygens (including phenoxy) is 3. The molecule has 196 valence electrons. The van der Waals surface area contributed by atoms with Crippen LogP contribution >= 0.6 is 0 Å². The quantitative estimate of drug-likeness (QED) is 0.202. The summed E-state index contributed by atoms with van der Waals surface area (Å²) in [5, 5.41) is 10.3. The molecule has 0 spiro atoms. The number of allylic oxidation sites excluding steroid dienone is 3. The number of hydrogen-bond acceptors (Lipinski definition) is 5. The van der Waals surface area contributed by atoms with Crippen LogP contribution in [0.15, 0.2) is 48.6 Å². The Morgan fingerprint density at radius 1 is 1.23 bits per heavy atom. The van der Waals surface area contributed by atoms with Crippen molar-refractivity contribution >= 4 is 5.97 Å². The van der Waals surface area contributed by atoms with Crippen LogP contribution in [0.3, 0.4) is 0 Å². The zero-order valence-electron chi connectivity index (χ0n) is 20.7. The van der Waals surface area contributed by atoms with Crippen LogP contribution in [0.25, 0.3) is 0 Å². The molecule has 35 heavy (non-hydrogen) atoms. The van der Waals surface area contributed by atoms with Gasteiger partial charge in [0.1, 0.15) is 18.5 Å². The molecule has 0 bridgehead atoms. The van der Waals surface area contributed by atoms with Gasteiger partial charge in [0, 0.05) is 13.5 Å². The Labute approximate surface area is 206 Å². The van der Waals surface area contributed by atoms with Crippen LogP contribution in [0.5, 0.6) is 5.75 Å². The van der Waals surface area contributed by atoms with Gasteiger partial charge < -0.3 is 19.3 Å². The van der Waals surface area contributed by atoms with Crippen LogP contribution < -0.4 is 4.74 Å². The molecule has 0 radical (unpaired) electrons. The van der Waals surface area contributed by atoms with Crippen molar-refractivity contribution in [3.8, 4) is 5.75 Å². The first-order valence-electron chi connectivity index (χ1n) is 12.1. The predicted molar refractivity (Wildman–Crippen MR) is 128 cm³/mol. The lowest BCUT2D eigenvalue weighted by Crippen LogP contribution is -2.20. The van der Waals surface area contributed by atoms with Crippen molar-refractivity contribution in [2.75, 3.05) is 13.7 Å². The monoisotopic (exact) mass is 498 g/mol. The van der Waals surface area contributed by atoms with E-state index in [-0.39, 0.29) is 42.4 Å². The molecule has 0 amide bonds. The third-order valence-corrected chi connectivity index (χ3v) is 5.97. The van der Waals surface area contributed by atoms with Gasteiger partial charge in [-0.25, -0.2) is 0 Å². The number of benzene rings is 1. The molecule has 1 aromatic rings. The largest absolute Gasteiger partial charge is 0.491 e. The molecule has 4 atom stereocenters.